The summed E-state index contributed by atoms with van der Waals surface area (Å²) in [5.74, 6) is 0. The highest BCUT2D eigenvalue weighted by Gasteiger charge is 2.49. The Kier molecular flexibility index (Phi) is 0.921. The van der Waals surface area contributed by atoms with Crippen LogP contribution >= 0.6 is 7.72 Å². The quantitative estimate of drug-likeness (QED) is 0.400. The molecule has 0 radical (unpaired) electrons. The lowest BCUT2D eigenvalue weighted by atomic mass is 10.5. The molecular weight excluding hydrogens is 113 g/mol. The van der Waals surface area contributed by atoms with Gasteiger partial charge in [-0.3, -0.25) is 5.41 Å². The minimum absolute atomic E-state index is 0.146. The molecule has 1 saturated heterocycles. The molecule has 0 aromatic carbocycles. The van der Waals surface area contributed by atoms with Gasteiger partial charge >= 0.3 is 7.72 Å². The van der Waals surface area contributed by atoms with E-state index in [0.29, 0.717) is 12.6 Å². The first-order valence-corrected chi connectivity index (χ1v) is 3.92. The molecule has 4 heteroatoms. The van der Waals surface area contributed by atoms with Gasteiger partial charge in [0.05, 0.1) is 6.42 Å². The number of hydrogen-bond acceptors (Lipinski definition) is 3. The summed E-state index contributed by atoms with van der Waals surface area (Å²) >= 11 is 0. The highest BCUT2D eigenvalue weighted by Crippen LogP contribution is 2.60. The van der Waals surface area contributed by atoms with Crippen LogP contribution in [0.2, 0.25) is 0 Å². The van der Waals surface area contributed by atoms with Gasteiger partial charge in [0.2, 0.25) is 5.45 Å². The molecule has 0 aromatic heterocycles. The van der Waals surface area contributed by atoms with Gasteiger partial charge in [0.15, 0.2) is 0 Å². The number of rotatable bonds is 0. The minimum Gasteiger partial charge on any atom is -0.267 e. The zero-order valence-electron chi connectivity index (χ0n) is 3.76. The van der Waals surface area contributed by atoms with E-state index in [2.05, 4.69) is 0 Å². The van der Waals surface area contributed by atoms with Crippen LogP contribution in [-0.2, 0) is 0 Å². The van der Waals surface area contributed by atoms with Crippen LogP contribution in [0.3, 0.4) is 0 Å². The fourth-order valence-electron chi connectivity index (χ4n) is 0.424. The average molecular weight is 120 g/mol. The third kappa shape index (κ3) is 0.673. The number of hydrogen-bond donors (Lipinski definition) is 3. The molecule has 1 heterocycles. The van der Waals surface area contributed by atoms with Crippen molar-refractivity contribution in [1.29, 1.82) is 5.41 Å². The topological polar surface area (TPSA) is 64.3 Å². The van der Waals surface area contributed by atoms with Gasteiger partial charge in [-0.05, 0) is 0 Å². The van der Waals surface area contributed by atoms with Crippen molar-refractivity contribution in [2.45, 2.75) is 6.42 Å². The average Bonchev–Trinajstić information content (AvgIpc) is 1.63. The molecule has 0 spiro atoms. The maximum atomic E-state index is 8.62. The van der Waals surface area contributed by atoms with E-state index in [9.17, 15) is 0 Å². The molecule has 3 N–H and O–H groups in total. The minimum atomic E-state index is -2.72. The molecule has 0 atom stereocenters. The van der Waals surface area contributed by atoms with Crippen molar-refractivity contribution < 1.29 is 9.79 Å². The van der Waals surface area contributed by atoms with Crippen molar-refractivity contribution in [3.8, 4) is 0 Å². The SMILES string of the molecule is N=C1CC[P+]1(O)O. The van der Waals surface area contributed by atoms with E-state index in [1.54, 1.807) is 0 Å². The lowest BCUT2D eigenvalue weighted by Gasteiger charge is -2.19. The Hall–Kier alpha value is 0.0200. The molecule has 1 rings (SSSR count). The highest BCUT2D eigenvalue weighted by atomic mass is 31.2. The monoisotopic (exact) mass is 120 g/mol. The summed E-state index contributed by atoms with van der Waals surface area (Å²) in [4.78, 5) is 17.2. The highest BCUT2D eigenvalue weighted by molar-refractivity contribution is 7.83. The van der Waals surface area contributed by atoms with Gasteiger partial charge in [0, 0.05) is 0 Å². The van der Waals surface area contributed by atoms with Crippen LogP contribution in [0.25, 0.3) is 0 Å². The molecule has 0 aromatic rings. The molecule has 1 fully saturated rings. The van der Waals surface area contributed by atoms with E-state index >= 15 is 0 Å². The predicted molar refractivity (Wildman–Crippen MR) is 28.6 cm³/mol. The molecule has 0 aliphatic carbocycles. The van der Waals surface area contributed by atoms with Crippen molar-refractivity contribution in [2.24, 2.45) is 0 Å². The van der Waals surface area contributed by atoms with E-state index < -0.39 is 7.72 Å². The standard InChI is InChI=1S/C3H7NO2P/c4-3-1-2-7(3,5)6/h4-6H,1-2H2/q+1. The van der Waals surface area contributed by atoms with Crippen LogP contribution in [0.4, 0.5) is 0 Å². The normalized spacial score (nSPS) is 26.9. The van der Waals surface area contributed by atoms with E-state index in [1.807, 2.05) is 0 Å². The lowest BCUT2D eigenvalue weighted by molar-refractivity contribution is 0.458. The van der Waals surface area contributed by atoms with Gasteiger partial charge in [-0.1, -0.05) is 0 Å². The van der Waals surface area contributed by atoms with Gasteiger partial charge in [0.25, 0.3) is 0 Å². The summed E-state index contributed by atoms with van der Waals surface area (Å²) in [5.41, 5.74) is 0.146. The summed E-state index contributed by atoms with van der Waals surface area (Å²) in [6, 6.07) is 0. The van der Waals surface area contributed by atoms with Gasteiger partial charge in [-0.25, -0.2) is 9.79 Å². The largest absolute Gasteiger partial charge is 0.314 e. The molecule has 3 nitrogen and oxygen atoms in total. The zero-order valence-corrected chi connectivity index (χ0v) is 4.65. The fourth-order valence-corrected chi connectivity index (χ4v) is 1.27. The van der Waals surface area contributed by atoms with Gasteiger partial charge in [0.1, 0.15) is 6.16 Å². The Morgan fingerprint density at radius 2 is 2.00 bits per heavy atom. The Labute approximate surface area is 42.0 Å². The van der Waals surface area contributed by atoms with Crippen LogP contribution in [0.15, 0.2) is 0 Å². The Morgan fingerprint density at radius 1 is 1.57 bits per heavy atom. The van der Waals surface area contributed by atoms with Crippen molar-refractivity contribution in [1.82, 2.24) is 0 Å². The summed E-state index contributed by atoms with van der Waals surface area (Å²) < 4.78 is 0. The lowest BCUT2D eigenvalue weighted by Crippen LogP contribution is -2.20. The predicted octanol–water partition coefficient (Wildman–Crippen LogP) is 0.200. The second-order valence-electron chi connectivity index (χ2n) is 1.65. The smallest absolute Gasteiger partial charge is 0.267 e. The maximum Gasteiger partial charge on any atom is 0.314 e. The molecule has 0 bridgehead atoms. The maximum absolute atomic E-state index is 8.62. The van der Waals surface area contributed by atoms with E-state index in [-0.39, 0.29) is 5.45 Å². The second-order valence-corrected chi connectivity index (χ2v) is 4.10. The second kappa shape index (κ2) is 1.25. The fraction of sp³-hybridized carbons (Fsp3) is 0.667. The first kappa shape index (κ1) is 5.16. The van der Waals surface area contributed by atoms with Crippen molar-refractivity contribution in [3.05, 3.63) is 0 Å². The molecule has 0 saturated carbocycles. The van der Waals surface area contributed by atoms with E-state index in [0.717, 1.165) is 0 Å². The van der Waals surface area contributed by atoms with Crippen molar-refractivity contribution in [3.63, 3.8) is 0 Å². The van der Waals surface area contributed by atoms with Crippen molar-refractivity contribution >= 4 is 13.2 Å². The number of nitrogens with one attached hydrogen (secondary N) is 1. The molecule has 7 heavy (non-hydrogen) atoms. The van der Waals surface area contributed by atoms with Crippen molar-refractivity contribution in [2.75, 3.05) is 6.16 Å². The van der Waals surface area contributed by atoms with Gasteiger partial charge < -0.3 is 0 Å². The molecular formula is C3H7NO2P+. The Morgan fingerprint density at radius 3 is 2.00 bits per heavy atom. The van der Waals surface area contributed by atoms with E-state index in [1.165, 1.54) is 0 Å². The van der Waals surface area contributed by atoms with Crippen LogP contribution in [0, 0.1) is 5.41 Å². The zero-order chi connectivity index (χ0) is 5.49. The van der Waals surface area contributed by atoms with E-state index in [4.69, 9.17) is 15.2 Å². The van der Waals surface area contributed by atoms with Crippen LogP contribution in [0.5, 0.6) is 0 Å². The molecule has 0 unspecified atom stereocenters. The summed E-state index contributed by atoms with van der Waals surface area (Å²) in [5, 5.41) is 6.78. The first-order chi connectivity index (χ1) is 3.13. The summed E-state index contributed by atoms with van der Waals surface area (Å²) in [6.45, 7) is 0. The van der Waals surface area contributed by atoms with Crippen LogP contribution in [0.1, 0.15) is 6.42 Å². The van der Waals surface area contributed by atoms with Gasteiger partial charge in [-0.15, -0.1) is 0 Å². The summed E-state index contributed by atoms with van der Waals surface area (Å²) in [7, 11) is -2.72. The third-order valence-electron chi connectivity index (χ3n) is 1.09. The summed E-state index contributed by atoms with van der Waals surface area (Å²) in [6.07, 6.45) is 1.02. The Bertz CT molecular complexity index is 112. The molecule has 40 valence electrons. The van der Waals surface area contributed by atoms with Crippen LogP contribution in [-0.4, -0.2) is 21.4 Å². The van der Waals surface area contributed by atoms with Gasteiger partial charge in [-0.2, -0.15) is 0 Å². The molecule has 1 aliphatic heterocycles. The first-order valence-electron chi connectivity index (χ1n) is 2.04. The van der Waals surface area contributed by atoms with Crippen LogP contribution < -0.4 is 0 Å². The third-order valence-corrected chi connectivity index (χ3v) is 3.03. The molecule has 0 amide bonds. The Balaban J connectivity index is 2.59. The molecule has 1 aliphatic rings.